The lowest BCUT2D eigenvalue weighted by Crippen LogP contribution is -1.97. The topological polar surface area (TPSA) is 39.9 Å². The maximum absolute atomic E-state index is 5.34. The second-order valence-corrected chi connectivity index (χ2v) is 3.63. The third kappa shape index (κ3) is 1.54. The third-order valence-electron chi connectivity index (χ3n) is 2.65. The molecule has 2 heterocycles. The van der Waals surface area contributed by atoms with Crippen LogP contribution in [0.2, 0.25) is 0 Å². The van der Waals surface area contributed by atoms with Gasteiger partial charge >= 0.3 is 0 Å². The highest BCUT2D eigenvalue weighted by Gasteiger charge is 2.08. The molecule has 84 valence electrons. The average Bonchev–Trinajstić information content (AvgIpc) is 2.82. The number of hydrogen-bond donors (Lipinski definition) is 0. The quantitative estimate of drug-likeness (QED) is 0.672. The van der Waals surface area contributed by atoms with Crippen LogP contribution in [0.4, 0.5) is 0 Å². The van der Waals surface area contributed by atoms with Crippen LogP contribution < -0.4 is 4.74 Å². The summed E-state index contributed by atoms with van der Waals surface area (Å²) >= 11 is 0. The van der Waals surface area contributed by atoms with Gasteiger partial charge in [0.05, 0.1) is 12.8 Å². The van der Waals surface area contributed by atoms with Gasteiger partial charge in [0, 0.05) is 6.20 Å². The number of methoxy groups -OCH3 is 1. The van der Waals surface area contributed by atoms with Crippen LogP contribution in [0.5, 0.6) is 5.75 Å². The zero-order valence-electron chi connectivity index (χ0n) is 9.37. The molecule has 0 amide bonds. The Labute approximate surface area is 98.5 Å². The number of nitrogens with zero attached hydrogens (tertiary/aromatic N) is 3. The Balaban J connectivity index is 2.27. The summed E-state index contributed by atoms with van der Waals surface area (Å²) in [7, 11) is 1.66. The summed E-state index contributed by atoms with van der Waals surface area (Å²) in [6.45, 7) is 0. The molecule has 3 rings (SSSR count). The zero-order valence-corrected chi connectivity index (χ0v) is 9.37. The number of fused-ring (bicyclic) bond motifs is 1. The van der Waals surface area contributed by atoms with E-state index in [9.17, 15) is 0 Å². The SMILES string of the molecule is COc1ccccc1-n1cnc2cccnc21. The molecule has 3 aromatic rings. The lowest BCUT2D eigenvalue weighted by molar-refractivity contribution is 0.413. The Hall–Kier alpha value is -2.36. The number of para-hydroxylation sites is 2. The molecule has 0 saturated carbocycles. The molecule has 4 nitrogen and oxygen atoms in total. The fraction of sp³-hybridized carbons (Fsp3) is 0.0769. The Morgan fingerprint density at radius 2 is 1.94 bits per heavy atom. The first-order valence-electron chi connectivity index (χ1n) is 5.31. The second-order valence-electron chi connectivity index (χ2n) is 3.63. The van der Waals surface area contributed by atoms with Crippen LogP contribution in [0, 0.1) is 0 Å². The van der Waals surface area contributed by atoms with E-state index in [-0.39, 0.29) is 0 Å². The maximum atomic E-state index is 5.34. The van der Waals surface area contributed by atoms with Crippen LogP contribution >= 0.6 is 0 Å². The van der Waals surface area contributed by atoms with Crippen molar-refractivity contribution >= 4 is 11.2 Å². The van der Waals surface area contributed by atoms with Gasteiger partial charge in [0.2, 0.25) is 0 Å². The molecule has 1 aromatic carbocycles. The van der Waals surface area contributed by atoms with Gasteiger partial charge in [0.25, 0.3) is 0 Å². The number of rotatable bonds is 2. The lowest BCUT2D eigenvalue weighted by Gasteiger charge is -2.08. The second kappa shape index (κ2) is 3.90. The summed E-state index contributed by atoms with van der Waals surface area (Å²) < 4.78 is 7.27. The van der Waals surface area contributed by atoms with E-state index in [4.69, 9.17) is 4.74 Å². The van der Waals surface area contributed by atoms with Crippen molar-refractivity contribution < 1.29 is 4.74 Å². The first kappa shape index (κ1) is 9.84. The van der Waals surface area contributed by atoms with Gasteiger partial charge in [-0.25, -0.2) is 9.97 Å². The van der Waals surface area contributed by atoms with Crippen LogP contribution in [-0.4, -0.2) is 21.6 Å². The van der Waals surface area contributed by atoms with Gasteiger partial charge in [-0.3, -0.25) is 4.57 Å². The molecule has 0 atom stereocenters. The van der Waals surface area contributed by atoms with Crippen molar-refractivity contribution in [3.05, 3.63) is 48.9 Å². The van der Waals surface area contributed by atoms with E-state index in [1.54, 1.807) is 19.6 Å². The molecule has 0 radical (unpaired) electrons. The highest BCUT2D eigenvalue weighted by molar-refractivity contribution is 5.73. The number of benzene rings is 1. The first-order chi connectivity index (χ1) is 8.40. The van der Waals surface area contributed by atoms with Crippen molar-refractivity contribution in [2.45, 2.75) is 0 Å². The van der Waals surface area contributed by atoms with Gasteiger partial charge in [0.1, 0.15) is 17.6 Å². The number of ether oxygens (including phenoxy) is 1. The standard InChI is InChI=1S/C13H11N3O/c1-17-12-7-3-2-6-11(12)16-9-15-10-5-4-8-14-13(10)16/h2-9H,1H3. The Kier molecular flexibility index (Phi) is 2.26. The van der Waals surface area contributed by atoms with Crippen molar-refractivity contribution in [3.63, 3.8) is 0 Å². The van der Waals surface area contributed by atoms with E-state index in [2.05, 4.69) is 9.97 Å². The van der Waals surface area contributed by atoms with Crippen molar-refractivity contribution in [3.8, 4) is 11.4 Å². The van der Waals surface area contributed by atoms with E-state index < -0.39 is 0 Å². The van der Waals surface area contributed by atoms with Gasteiger partial charge in [-0.1, -0.05) is 12.1 Å². The predicted octanol–water partition coefficient (Wildman–Crippen LogP) is 2.43. The van der Waals surface area contributed by atoms with Crippen LogP contribution in [0.25, 0.3) is 16.9 Å². The number of pyridine rings is 1. The minimum atomic E-state index is 0.803. The zero-order chi connectivity index (χ0) is 11.7. The van der Waals surface area contributed by atoms with Crippen LogP contribution in [0.15, 0.2) is 48.9 Å². The molecule has 0 saturated heterocycles. The number of hydrogen-bond acceptors (Lipinski definition) is 3. The van der Waals surface area contributed by atoms with Crippen molar-refractivity contribution in [1.29, 1.82) is 0 Å². The van der Waals surface area contributed by atoms with E-state index in [0.717, 1.165) is 22.6 Å². The van der Waals surface area contributed by atoms with Crippen LogP contribution in [0.1, 0.15) is 0 Å². The van der Waals surface area contributed by atoms with Gasteiger partial charge < -0.3 is 4.74 Å². The number of imidazole rings is 1. The molecule has 2 aromatic heterocycles. The maximum Gasteiger partial charge on any atom is 0.164 e. The molecular weight excluding hydrogens is 214 g/mol. The fourth-order valence-electron chi connectivity index (χ4n) is 1.85. The first-order valence-corrected chi connectivity index (χ1v) is 5.31. The minimum Gasteiger partial charge on any atom is -0.495 e. The summed E-state index contributed by atoms with van der Waals surface area (Å²) in [4.78, 5) is 8.65. The molecule has 0 bridgehead atoms. The molecule has 4 heteroatoms. The largest absolute Gasteiger partial charge is 0.495 e. The van der Waals surface area contributed by atoms with Gasteiger partial charge in [-0.15, -0.1) is 0 Å². The highest BCUT2D eigenvalue weighted by Crippen LogP contribution is 2.24. The lowest BCUT2D eigenvalue weighted by atomic mass is 10.3. The Bertz CT molecular complexity index is 660. The number of aromatic nitrogens is 3. The van der Waals surface area contributed by atoms with E-state index in [0.29, 0.717) is 0 Å². The van der Waals surface area contributed by atoms with Crippen molar-refractivity contribution in [1.82, 2.24) is 14.5 Å². The molecule has 0 aliphatic heterocycles. The summed E-state index contributed by atoms with van der Waals surface area (Å²) in [6, 6.07) is 11.6. The van der Waals surface area contributed by atoms with Crippen LogP contribution in [-0.2, 0) is 0 Å². The smallest absolute Gasteiger partial charge is 0.164 e. The molecule has 0 spiro atoms. The Morgan fingerprint density at radius 1 is 1.06 bits per heavy atom. The summed E-state index contributed by atoms with van der Waals surface area (Å²) in [5.74, 6) is 0.803. The summed E-state index contributed by atoms with van der Waals surface area (Å²) in [5.41, 5.74) is 2.65. The van der Waals surface area contributed by atoms with Crippen LogP contribution in [0.3, 0.4) is 0 Å². The normalized spacial score (nSPS) is 10.6. The van der Waals surface area contributed by atoms with Gasteiger partial charge in [-0.05, 0) is 24.3 Å². The van der Waals surface area contributed by atoms with E-state index >= 15 is 0 Å². The molecule has 17 heavy (non-hydrogen) atoms. The monoisotopic (exact) mass is 225 g/mol. The predicted molar refractivity (Wildman–Crippen MR) is 65.4 cm³/mol. The van der Waals surface area contributed by atoms with Crippen molar-refractivity contribution in [2.24, 2.45) is 0 Å². The molecular formula is C13H11N3O. The summed E-state index contributed by atoms with van der Waals surface area (Å²) in [5, 5.41) is 0. The Morgan fingerprint density at radius 3 is 2.82 bits per heavy atom. The molecule has 0 N–H and O–H groups in total. The van der Waals surface area contributed by atoms with Gasteiger partial charge in [0.15, 0.2) is 5.65 Å². The molecule has 0 unspecified atom stereocenters. The minimum absolute atomic E-state index is 0.803. The average molecular weight is 225 g/mol. The molecule has 0 aliphatic rings. The molecule has 0 fully saturated rings. The molecule has 0 aliphatic carbocycles. The van der Waals surface area contributed by atoms with E-state index in [1.807, 2.05) is 41.0 Å². The fourth-order valence-corrected chi connectivity index (χ4v) is 1.85. The van der Waals surface area contributed by atoms with Crippen molar-refractivity contribution in [2.75, 3.05) is 7.11 Å². The van der Waals surface area contributed by atoms with Gasteiger partial charge in [-0.2, -0.15) is 0 Å². The summed E-state index contributed by atoms with van der Waals surface area (Å²) in [6.07, 6.45) is 3.52. The highest BCUT2D eigenvalue weighted by atomic mass is 16.5. The van der Waals surface area contributed by atoms with E-state index in [1.165, 1.54) is 0 Å². The third-order valence-corrected chi connectivity index (χ3v) is 2.65.